The molecule has 0 spiro atoms. The molecular formula is C20H17ClFN3O4S2. The lowest BCUT2D eigenvalue weighted by Gasteiger charge is -2.31. The van der Waals surface area contributed by atoms with E-state index in [2.05, 4.69) is 4.98 Å². The highest BCUT2D eigenvalue weighted by molar-refractivity contribution is 7.92. The fourth-order valence-corrected chi connectivity index (χ4v) is 6.30. The van der Waals surface area contributed by atoms with Gasteiger partial charge in [-0.2, -0.15) is 0 Å². The predicted octanol–water partition coefficient (Wildman–Crippen LogP) is 4.95. The Bertz CT molecular complexity index is 1240. The SMILES string of the molecule is O=[N+]([O-])c1cccc(S(=O)(=O)C2CCN(c3nc(-c4ccc(Cl)c(F)c4)cs3)CC2)c1. The molecule has 0 saturated carbocycles. The summed E-state index contributed by atoms with van der Waals surface area (Å²) < 4.78 is 39.6. The molecule has 1 saturated heterocycles. The van der Waals surface area contributed by atoms with E-state index in [0.717, 1.165) is 11.2 Å². The third kappa shape index (κ3) is 4.41. The number of nitrogens with zero attached hydrogens (tertiary/aromatic N) is 3. The zero-order valence-electron chi connectivity index (χ0n) is 16.1. The molecule has 31 heavy (non-hydrogen) atoms. The normalized spacial score (nSPS) is 15.2. The third-order valence-electron chi connectivity index (χ3n) is 5.22. The van der Waals surface area contributed by atoms with E-state index >= 15 is 0 Å². The van der Waals surface area contributed by atoms with Crippen LogP contribution in [0.25, 0.3) is 11.3 Å². The van der Waals surface area contributed by atoms with Crippen LogP contribution in [0.4, 0.5) is 15.2 Å². The molecule has 2 aromatic carbocycles. The van der Waals surface area contributed by atoms with Gasteiger partial charge in [0.05, 0.1) is 25.8 Å². The van der Waals surface area contributed by atoms with Crippen LogP contribution in [0, 0.1) is 15.9 Å². The maximum atomic E-state index is 13.7. The van der Waals surface area contributed by atoms with E-state index in [4.69, 9.17) is 11.6 Å². The second kappa shape index (κ2) is 8.52. The maximum Gasteiger partial charge on any atom is 0.270 e. The van der Waals surface area contributed by atoms with Gasteiger partial charge in [0, 0.05) is 36.2 Å². The Labute approximate surface area is 187 Å². The molecule has 7 nitrogen and oxygen atoms in total. The number of sulfone groups is 1. The molecule has 3 aromatic rings. The van der Waals surface area contributed by atoms with Gasteiger partial charge >= 0.3 is 0 Å². The molecule has 1 aliphatic rings. The summed E-state index contributed by atoms with van der Waals surface area (Å²) in [5.41, 5.74) is 1.00. The number of nitro groups is 1. The smallest absolute Gasteiger partial charge is 0.270 e. The number of anilines is 1. The van der Waals surface area contributed by atoms with Crippen molar-refractivity contribution in [3.63, 3.8) is 0 Å². The lowest BCUT2D eigenvalue weighted by molar-refractivity contribution is -0.385. The number of aromatic nitrogens is 1. The maximum absolute atomic E-state index is 13.7. The van der Waals surface area contributed by atoms with Crippen molar-refractivity contribution >= 4 is 43.6 Å². The number of halogens is 2. The number of rotatable bonds is 5. The summed E-state index contributed by atoms with van der Waals surface area (Å²) in [6.45, 7) is 0.974. The van der Waals surface area contributed by atoms with E-state index < -0.39 is 25.8 Å². The van der Waals surface area contributed by atoms with Gasteiger partial charge in [-0.15, -0.1) is 11.3 Å². The van der Waals surface area contributed by atoms with Gasteiger partial charge in [0.15, 0.2) is 15.0 Å². The first-order valence-electron chi connectivity index (χ1n) is 9.40. The standard InChI is InChI=1S/C20H17ClFN3O4S2/c21-17-5-4-13(10-18(17)22)19-12-30-20(23-19)24-8-6-15(7-9-24)31(28,29)16-3-1-2-14(11-16)25(26)27/h1-5,10-12,15H,6-9H2. The minimum atomic E-state index is -3.67. The Balaban J connectivity index is 1.46. The molecule has 0 amide bonds. The molecule has 0 radical (unpaired) electrons. The molecule has 1 fully saturated rings. The van der Waals surface area contributed by atoms with Crippen LogP contribution >= 0.6 is 22.9 Å². The zero-order chi connectivity index (χ0) is 22.2. The van der Waals surface area contributed by atoms with Crippen LogP contribution in [-0.2, 0) is 9.84 Å². The molecule has 0 atom stereocenters. The molecule has 2 heterocycles. The summed E-state index contributed by atoms with van der Waals surface area (Å²) in [6, 6.07) is 9.68. The molecule has 162 valence electrons. The molecule has 11 heteroatoms. The van der Waals surface area contributed by atoms with Crippen LogP contribution in [0.15, 0.2) is 52.7 Å². The van der Waals surface area contributed by atoms with E-state index in [9.17, 15) is 22.9 Å². The Morgan fingerprint density at radius 2 is 1.94 bits per heavy atom. The van der Waals surface area contributed by atoms with E-state index in [0.29, 0.717) is 37.2 Å². The number of hydrogen-bond donors (Lipinski definition) is 0. The third-order valence-corrected chi connectivity index (χ3v) is 8.68. The highest BCUT2D eigenvalue weighted by atomic mass is 35.5. The van der Waals surface area contributed by atoms with Gasteiger partial charge in [0.1, 0.15) is 5.82 Å². The molecule has 0 N–H and O–H groups in total. The average Bonchev–Trinajstić information content (AvgIpc) is 3.26. The zero-order valence-corrected chi connectivity index (χ0v) is 18.5. The summed E-state index contributed by atoms with van der Waals surface area (Å²) in [4.78, 5) is 16.9. The van der Waals surface area contributed by atoms with Crippen molar-refractivity contribution in [3.05, 3.63) is 68.8 Å². The van der Waals surface area contributed by atoms with E-state index in [1.165, 1.54) is 41.7 Å². The summed E-state index contributed by atoms with van der Waals surface area (Å²) in [5, 5.41) is 13.0. The van der Waals surface area contributed by atoms with Crippen molar-refractivity contribution in [2.75, 3.05) is 18.0 Å². The Hall–Kier alpha value is -2.56. The quantitative estimate of drug-likeness (QED) is 0.378. The van der Waals surface area contributed by atoms with E-state index in [1.54, 1.807) is 6.07 Å². The number of non-ortho nitro benzene ring substituents is 1. The van der Waals surface area contributed by atoms with Crippen LogP contribution < -0.4 is 4.90 Å². The number of piperidine rings is 1. The van der Waals surface area contributed by atoms with Crippen molar-refractivity contribution in [2.45, 2.75) is 23.0 Å². The predicted molar refractivity (Wildman–Crippen MR) is 118 cm³/mol. The topological polar surface area (TPSA) is 93.4 Å². The highest BCUT2D eigenvalue weighted by Gasteiger charge is 2.33. The van der Waals surface area contributed by atoms with Gasteiger partial charge in [0.2, 0.25) is 0 Å². The van der Waals surface area contributed by atoms with Gasteiger partial charge in [-0.3, -0.25) is 10.1 Å². The van der Waals surface area contributed by atoms with Crippen molar-refractivity contribution in [2.24, 2.45) is 0 Å². The van der Waals surface area contributed by atoms with Crippen molar-refractivity contribution in [1.29, 1.82) is 0 Å². The fourth-order valence-electron chi connectivity index (χ4n) is 3.52. The monoisotopic (exact) mass is 481 g/mol. The van der Waals surface area contributed by atoms with Gasteiger partial charge in [0.25, 0.3) is 5.69 Å². The van der Waals surface area contributed by atoms with Crippen LogP contribution in [0.5, 0.6) is 0 Å². The number of benzene rings is 2. The minimum absolute atomic E-state index is 0.0264. The van der Waals surface area contributed by atoms with Crippen LogP contribution in [0.1, 0.15) is 12.8 Å². The first kappa shape index (κ1) is 21.7. The second-order valence-corrected chi connectivity index (χ2v) is 10.6. The summed E-state index contributed by atoms with van der Waals surface area (Å²) in [5.74, 6) is -0.513. The van der Waals surface area contributed by atoms with E-state index in [-0.39, 0.29) is 15.6 Å². The minimum Gasteiger partial charge on any atom is -0.348 e. The van der Waals surface area contributed by atoms with Crippen molar-refractivity contribution < 1.29 is 17.7 Å². The molecule has 0 aliphatic carbocycles. The van der Waals surface area contributed by atoms with Gasteiger partial charge < -0.3 is 4.90 Å². The van der Waals surface area contributed by atoms with Crippen LogP contribution in [0.2, 0.25) is 5.02 Å². The van der Waals surface area contributed by atoms with Gasteiger partial charge in [-0.25, -0.2) is 17.8 Å². The van der Waals surface area contributed by atoms with Gasteiger partial charge in [-0.05, 0) is 31.0 Å². The lowest BCUT2D eigenvalue weighted by Crippen LogP contribution is -2.39. The lowest BCUT2D eigenvalue weighted by atomic mass is 10.1. The first-order chi connectivity index (χ1) is 14.8. The molecule has 4 rings (SSSR count). The van der Waals surface area contributed by atoms with Gasteiger partial charge in [-0.1, -0.05) is 23.7 Å². The largest absolute Gasteiger partial charge is 0.348 e. The van der Waals surface area contributed by atoms with E-state index in [1.807, 2.05) is 10.3 Å². The molecule has 0 bridgehead atoms. The Kier molecular flexibility index (Phi) is 5.96. The van der Waals surface area contributed by atoms with Crippen molar-refractivity contribution in [1.82, 2.24) is 4.98 Å². The summed E-state index contributed by atoms with van der Waals surface area (Å²) in [7, 11) is -3.67. The molecule has 1 aromatic heterocycles. The Morgan fingerprint density at radius 1 is 1.19 bits per heavy atom. The molecular weight excluding hydrogens is 465 g/mol. The average molecular weight is 482 g/mol. The number of hydrogen-bond acceptors (Lipinski definition) is 7. The molecule has 0 unspecified atom stereocenters. The Morgan fingerprint density at radius 3 is 2.61 bits per heavy atom. The highest BCUT2D eigenvalue weighted by Crippen LogP contribution is 2.33. The number of thiazole rings is 1. The molecule has 1 aliphatic heterocycles. The summed E-state index contributed by atoms with van der Waals surface area (Å²) in [6.07, 6.45) is 0.769. The first-order valence-corrected chi connectivity index (χ1v) is 12.2. The number of nitro benzene ring substituents is 1. The van der Waals surface area contributed by atoms with Crippen LogP contribution in [0.3, 0.4) is 0 Å². The van der Waals surface area contributed by atoms with Crippen molar-refractivity contribution in [3.8, 4) is 11.3 Å². The van der Waals surface area contributed by atoms with Crippen LogP contribution in [-0.4, -0.2) is 36.7 Å². The fraction of sp³-hybridized carbons (Fsp3) is 0.250. The summed E-state index contributed by atoms with van der Waals surface area (Å²) >= 11 is 7.14. The second-order valence-electron chi connectivity index (χ2n) is 7.13.